The van der Waals surface area contributed by atoms with E-state index in [0.717, 1.165) is 10.1 Å². The molecule has 0 saturated carbocycles. The molecule has 4 aromatic rings. The molecule has 0 fully saturated rings. The van der Waals surface area contributed by atoms with E-state index in [1.54, 1.807) is 24.3 Å². The van der Waals surface area contributed by atoms with E-state index in [0.29, 0.717) is 16.3 Å². The summed E-state index contributed by atoms with van der Waals surface area (Å²) in [5, 5.41) is 3.36. The maximum Gasteiger partial charge on any atom is 0.332 e. The van der Waals surface area contributed by atoms with Crippen LogP contribution in [0, 0.1) is 0 Å². The molecule has 1 N–H and O–H groups in total. The highest BCUT2D eigenvalue weighted by Crippen LogP contribution is 2.16. The van der Waals surface area contributed by atoms with Crippen LogP contribution in [0.3, 0.4) is 0 Å². The molecule has 0 aliphatic heterocycles. The van der Waals surface area contributed by atoms with Gasteiger partial charge >= 0.3 is 5.69 Å². The van der Waals surface area contributed by atoms with Crippen LogP contribution in [0.25, 0.3) is 10.9 Å². The lowest BCUT2D eigenvalue weighted by molar-refractivity contribution is -0.121. The Bertz CT molecular complexity index is 1310. The van der Waals surface area contributed by atoms with Gasteiger partial charge in [-0.25, -0.2) is 4.79 Å². The SMILES string of the molecule is O=C(Cn1c(=O)n(Cc2ccccc2)c(=O)c2cc(Cl)ccc21)NCc1ccco1. The van der Waals surface area contributed by atoms with Crippen molar-refractivity contribution in [3.8, 4) is 0 Å². The second kappa shape index (κ2) is 8.42. The molecule has 0 unspecified atom stereocenters. The minimum Gasteiger partial charge on any atom is -0.467 e. The topological polar surface area (TPSA) is 86.2 Å². The summed E-state index contributed by atoms with van der Waals surface area (Å²) in [7, 11) is 0. The number of amides is 1. The summed E-state index contributed by atoms with van der Waals surface area (Å²) in [5.41, 5.74) is 0.138. The first-order chi connectivity index (χ1) is 14.5. The van der Waals surface area contributed by atoms with Crippen LogP contribution in [0.2, 0.25) is 5.02 Å². The molecule has 0 aliphatic rings. The monoisotopic (exact) mass is 423 g/mol. The maximum atomic E-state index is 13.2. The Hall–Kier alpha value is -3.58. The number of hydrogen-bond acceptors (Lipinski definition) is 4. The fourth-order valence-electron chi connectivity index (χ4n) is 3.25. The van der Waals surface area contributed by atoms with Gasteiger partial charge in [0.15, 0.2) is 0 Å². The molecular weight excluding hydrogens is 406 g/mol. The number of nitrogens with zero attached hydrogens (tertiary/aromatic N) is 2. The van der Waals surface area contributed by atoms with Crippen LogP contribution < -0.4 is 16.6 Å². The summed E-state index contributed by atoms with van der Waals surface area (Å²) >= 11 is 6.08. The van der Waals surface area contributed by atoms with E-state index in [1.165, 1.54) is 16.9 Å². The smallest absolute Gasteiger partial charge is 0.332 e. The molecule has 0 atom stereocenters. The number of furan rings is 1. The third-order valence-electron chi connectivity index (χ3n) is 4.71. The number of fused-ring (bicyclic) bond motifs is 1. The van der Waals surface area contributed by atoms with E-state index in [2.05, 4.69) is 5.32 Å². The zero-order valence-electron chi connectivity index (χ0n) is 15.9. The summed E-state index contributed by atoms with van der Waals surface area (Å²) in [5.74, 6) is 0.219. The highest BCUT2D eigenvalue weighted by Gasteiger charge is 2.16. The van der Waals surface area contributed by atoms with Gasteiger partial charge in [0.2, 0.25) is 5.91 Å². The zero-order valence-corrected chi connectivity index (χ0v) is 16.6. The number of benzene rings is 2. The summed E-state index contributed by atoms with van der Waals surface area (Å²) in [4.78, 5) is 38.7. The van der Waals surface area contributed by atoms with Crippen molar-refractivity contribution in [2.75, 3.05) is 0 Å². The summed E-state index contributed by atoms with van der Waals surface area (Å²) < 4.78 is 7.60. The maximum absolute atomic E-state index is 13.2. The minimum atomic E-state index is -0.563. The van der Waals surface area contributed by atoms with Crippen LogP contribution in [-0.4, -0.2) is 15.0 Å². The van der Waals surface area contributed by atoms with Crippen molar-refractivity contribution in [2.24, 2.45) is 0 Å². The minimum absolute atomic E-state index is 0.0922. The van der Waals surface area contributed by atoms with Gasteiger partial charge in [-0.05, 0) is 35.9 Å². The Balaban J connectivity index is 1.74. The first-order valence-electron chi connectivity index (χ1n) is 9.29. The van der Waals surface area contributed by atoms with Crippen molar-refractivity contribution in [2.45, 2.75) is 19.6 Å². The van der Waals surface area contributed by atoms with Crippen molar-refractivity contribution < 1.29 is 9.21 Å². The van der Waals surface area contributed by atoms with E-state index in [1.807, 2.05) is 30.3 Å². The molecule has 2 heterocycles. The number of rotatable bonds is 6. The first kappa shape index (κ1) is 19.7. The Morgan fingerprint density at radius 1 is 1.00 bits per heavy atom. The summed E-state index contributed by atoms with van der Waals surface area (Å²) in [6, 6.07) is 17.3. The van der Waals surface area contributed by atoms with E-state index >= 15 is 0 Å². The summed E-state index contributed by atoms with van der Waals surface area (Å²) in [6.07, 6.45) is 1.52. The predicted octanol–water partition coefficient (Wildman–Crippen LogP) is 2.77. The molecule has 0 bridgehead atoms. The second-order valence-electron chi connectivity index (χ2n) is 6.76. The van der Waals surface area contributed by atoms with Gasteiger partial charge in [-0.2, -0.15) is 0 Å². The number of carbonyl (C=O) groups excluding carboxylic acids is 1. The summed E-state index contributed by atoms with van der Waals surface area (Å²) in [6.45, 7) is 0.0513. The van der Waals surface area contributed by atoms with Crippen LogP contribution in [0.5, 0.6) is 0 Å². The molecule has 4 rings (SSSR count). The zero-order chi connectivity index (χ0) is 21.1. The molecule has 2 aromatic carbocycles. The molecule has 0 aliphatic carbocycles. The van der Waals surface area contributed by atoms with Gasteiger partial charge in [-0.15, -0.1) is 0 Å². The molecule has 7 nitrogen and oxygen atoms in total. The van der Waals surface area contributed by atoms with Crippen LogP contribution in [0.4, 0.5) is 0 Å². The van der Waals surface area contributed by atoms with Gasteiger partial charge in [-0.1, -0.05) is 41.9 Å². The first-order valence-corrected chi connectivity index (χ1v) is 9.66. The highest BCUT2D eigenvalue weighted by atomic mass is 35.5. The van der Waals surface area contributed by atoms with Gasteiger partial charge in [-0.3, -0.25) is 18.7 Å². The average Bonchev–Trinajstić information content (AvgIpc) is 3.27. The Morgan fingerprint density at radius 3 is 2.53 bits per heavy atom. The third kappa shape index (κ3) is 4.06. The van der Waals surface area contributed by atoms with Gasteiger partial charge in [0.1, 0.15) is 12.3 Å². The number of hydrogen-bond donors (Lipinski definition) is 1. The van der Waals surface area contributed by atoms with Gasteiger partial charge in [0.25, 0.3) is 5.56 Å². The quantitative estimate of drug-likeness (QED) is 0.516. The Kier molecular flexibility index (Phi) is 5.54. The molecule has 0 spiro atoms. The lowest BCUT2D eigenvalue weighted by Crippen LogP contribution is -2.42. The molecule has 30 heavy (non-hydrogen) atoms. The lowest BCUT2D eigenvalue weighted by atomic mass is 10.2. The van der Waals surface area contributed by atoms with Gasteiger partial charge in [0, 0.05) is 5.02 Å². The molecule has 0 saturated heterocycles. The van der Waals surface area contributed by atoms with Gasteiger partial charge < -0.3 is 9.73 Å². The number of carbonyl (C=O) groups is 1. The van der Waals surface area contributed by atoms with Crippen LogP contribution in [-0.2, 0) is 24.4 Å². The number of aromatic nitrogens is 2. The van der Waals surface area contributed by atoms with Crippen molar-refractivity contribution in [3.63, 3.8) is 0 Å². The lowest BCUT2D eigenvalue weighted by Gasteiger charge is -2.14. The van der Waals surface area contributed by atoms with Crippen LogP contribution in [0.1, 0.15) is 11.3 Å². The highest BCUT2D eigenvalue weighted by molar-refractivity contribution is 6.31. The van der Waals surface area contributed by atoms with Crippen molar-refractivity contribution in [1.82, 2.24) is 14.5 Å². The van der Waals surface area contributed by atoms with E-state index in [4.69, 9.17) is 16.0 Å². The van der Waals surface area contributed by atoms with E-state index < -0.39 is 11.2 Å². The predicted molar refractivity (Wildman–Crippen MR) is 114 cm³/mol. The molecule has 0 radical (unpaired) electrons. The van der Waals surface area contributed by atoms with Crippen LogP contribution >= 0.6 is 11.6 Å². The van der Waals surface area contributed by atoms with Crippen molar-refractivity contribution in [1.29, 1.82) is 0 Å². The molecular formula is C22H18ClN3O4. The molecule has 8 heteroatoms. The normalized spacial score (nSPS) is 11.0. The van der Waals surface area contributed by atoms with Crippen LogP contribution in [0.15, 0.2) is 80.9 Å². The Morgan fingerprint density at radius 2 is 1.80 bits per heavy atom. The van der Waals surface area contributed by atoms with Crippen molar-refractivity contribution in [3.05, 3.63) is 104 Å². The number of nitrogens with one attached hydrogen (secondary N) is 1. The molecule has 2 aromatic heterocycles. The van der Waals surface area contributed by atoms with Crippen molar-refractivity contribution >= 4 is 28.4 Å². The molecule has 1 amide bonds. The fraction of sp³-hybridized carbons (Fsp3) is 0.136. The van der Waals surface area contributed by atoms with Gasteiger partial charge in [0.05, 0.1) is 30.3 Å². The number of halogens is 1. The standard InChI is InChI=1S/C22H18ClN3O4/c23-16-8-9-19-18(11-16)21(28)26(13-15-5-2-1-3-6-15)22(29)25(19)14-20(27)24-12-17-7-4-10-30-17/h1-11H,12-14H2,(H,24,27). The van der Waals surface area contributed by atoms with E-state index in [9.17, 15) is 14.4 Å². The largest absolute Gasteiger partial charge is 0.467 e. The third-order valence-corrected chi connectivity index (χ3v) is 4.95. The molecule has 152 valence electrons. The Labute approximate surface area is 176 Å². The second-order valence-corrected chi connectivity index (χ2v) is 7.20. The van der Waals surface area contributed by atoms with E-state index in [-0.39, 0.29) is 30.9 Å². The fourth-order valence-corrected chi connectivity index (χ4v) is 3.42. The average molecular weight is 424 g/mol.